The molecule has 0 spiro atoms. The smallest absolute Gasteiger partial charge is 0.371 e. The molecule has 0 bridgehead atoms. The van der Waals surface area contributed by atoms with Crippen LogP contribution in [0.3, 0.4) is 0 Å². The summed E-state index contributed by atoms with van der Waals surface area (Å²) in [6.07, 6.45) is 0.0565. The molecule has 0 radical (unpaired) electrons. The molecule has 5 rings (SSSR count). The van der Waals surface area contributed by atoms with Gasteiger partial charge in [-0.25, -0.2) is 13.2 Å². The molecule has 0 aliphatic heterocycles. The Kier molecular flexibility index (Phi) is 6.60. The van der Waals surface area contributed by atoms with Crippen molar-refractivity contribution in [1.82, 2.24) is 4.31 Å². The third-order valence-electron chi connectivity index (χ3n) is 6.74. The topological polar surface area (TPSA) is 125 Å². The fraction of sp³-hybridized carbons (Fsp3) is 0.143. The van der Waals surface area contributed by atoms with Crippen molar-refractivity contribution in [3.05, 3.63) is 113 Å². The van der Waals surface area contributed by atoms with E-state index in [9.17, 15) is 28.2 Å². The predicted molar refractivity (Wildman–Crippen MR) is 139 cm³/mol. The number of carboxylic acid groups (broad SMARTS) is 2. The Hall–Kier alpha value is -3.92. The van der Waals surface area contributed by atoms with Crippen LogP contribution >= 0.6 is 11.6 Å². The zero-order valence-corrected chi connectivity index (χ0v) is 21.4. The second kappa shape index (κ2) is 9.75. The standard InChI is InChI=1S/C28H22ClNO7S/c29-21-10-6-18(7-11-21)19-8-13-23(14-9-19)38(35,36)30(17-22-12-15-25(37-22)26(31)32)28(27(33)34)16-24(28)20-4-2-1-3-5-20/h1-15,24H,16-17H2,(H,31,32)(H,33,34)/t24-,28+/m0/s1. The van der Waals surface area contributed by atoms with Gasteiger partial charge in [-0.15, -0.1) is 0 Å². The number of nitrogens with zero attached hydrogens (tertiary/aromatic N) is 1. The molecule has 1 heterocycles. The Bertz CT molecular complexity index is 1600. The molecule has 1 aliphatic rings. The van der Waals surface area contributed by atoms with Crippen LogP contribution < -0.4 is 0 Å². The first kappa shape index (κ1) is 25.7. The number of carboxylic acids is 2. The van der Waals surface area contributed by atoms with Gasteiger partial charge in [0.15, 0.2) is 0 Å². The van der Waals surface area contributed by atoms with E-state index in [1.165, 1.54) is 24.3 Å². The van der Waals surface area contributed by atoms with Crippen LogP contribution in [0.4, 0.5) is 0 Å². The summed E-state index contributed by atoms with van der Waals surface area (Å²) in [6, 6.07) is 24.6. The van der Waals surface area contributed by atoms with Gasteiger partial charge in [0.05, 0.1) is 11.4 Å². The van der Waals surface area contributed by atoms with Crippen molar-refractivity contribution in [1.29, 1.82) is 0 Å². The lowest BCUT2D eigenvalue weighted by Gasteiger charge is -2.29. The average molecular weight is 552 g/mol. The minimum atomic E-state index is -4.37. The maximum Gasteiger partial charge on any atom is 0.371 e. The summed E-state index contributed by atoms with van der Waals surface area (Å²) in [5.41, 5.74) is 0.510. The summed E-state index contributed by atoms with van der Waals surface area (Å²) < 4.78 is 34.3. The van der Waals surface area contributed by atoms with E-state index in [0.717, 1.165) is 15.4 Å². The quantitative estimate of drug-likeness (QED) is 0.281. The second-order valence-electron chi connectivity index (χ2n) is 9.01. The summed E-state index contributed by atoms with van der Waals surface area (Å²) >= 11 is 5.96. The van der Waals surface area contributed by atoms with Crippen LogP contribution in [0.2, 0.25) is 5.02 Å². The van der Waals surface area contributed by atoms with Crippen molar-refractivity contribution in [3.8, 4) is 11.1 Å². The molecule has 10 heteroatoms. The van der Waals surface area contributed by atoms with Crippen LogP contribution in [0.5, 0.6) is 0 Å². The van der Waals surface area contributed by atoms with E-state index in [0.29, 0.717) is 10.6 Å². The number of furan rings is 1. The summed E-state index contributed by atoms with van der Waals surface area (Å²) in [4.78, 5) is 23.9. The molecule has 0 saturated heterocycles. The van der Waals surface area contributed by atoms with Gasteiger partial charge in [0.25, 0.3) is 0 Å². The first-order chi connectivity index (χ1) is 18.1. The number of aliphatic carboxylic acids is 1. The van der Waals surface area contributed by atoms with Crippen LogP contribution in [-0.4, -0.2) is 40.4 Å². The van der Waals surface area contributed by atoms with Gasteiger partial charge >= 0.3 is 11.9 Å². The molecule has 2 atom stereocenters. The normalized spacial score (nSPS) is 18.8. The summed E-state index contributed by atoms with van der Waals surface area (Å²) in [5, 5.41) is 20.2. The van der Waals surface area contributed by atoms with E-state index >= 15 is 0 Å². The minimum absolute atomic E-state index is 0.0168. The lowest BCUT2D eigenvalue weighted by Crippen LogP contribution is -2.48. The molecular formula is C28H22ClNO7S. The number of hydrogen-bond donors (Lipinski definition) is 2. The zero-order valence-electron chi connectivity index (χ0n) is 19.8. The molecule has 3 aromatic carbocycles. The SMILES string of the molecule is O=C(O)c1ccc(CN([C@]2(C(=O)O)C[C@H]2c2ccccc2)S(=O)(=O)c2ccc(-c3ccc(Cl)cc3)cc2)o1. The van der Waals surface area contributed by atoms with E-state index in [1.54, 1.807) is 54.6 Å². The van der Waals surface area contributed by atoms with Crippen molar-refractivity contribution in [2.24, 2.45) is 0 Å². The summed E-state index contributed by atoms with van der Waals surface area (Å²) in [6.45, 7) is -0.454. The van der Waals surface area contributed by atoms with Gasteiger partial charge in [-0.05, 0) is 59.5 Å². The van der Waals surface area contributed by atoms with E-state index < -0.39 is 40.0 Å². The number of sulfonamides is 1. The predicted octanol–water partition coefficient (Wildman–Crippen LogP) is 5.50. The number of halogens is 1. The van der Waals surface area contributed by atoms with Crippen LogP contribution in [0, 0.1) is 0 Å². The Labute approximate surface area is 223 Å². The van der Waals surface area contributed by atoms with Crippen LogP contribution in [-0.2, 0) is 21.4 Å². The fourth-order valence-corrected chi connectivity index (χ4v) is 6.57. The molecule has 1 fully saturated rings. The van der Waals surface area contributed by atoms with Gasteiger partial charge < -0.3 is 14.6 Å². The lowest BCUT2D eigenvalue weighted by molar-refractivity contribution is -0.143. The highest BCUT2D eigenvalue weighted by molar-refractivity contribution is 7.89. The molecule has 1 aromatic heterocycles. The molecule has 4 aromatic rings. The van der Waals surface area contributed by atoms with Crippen molar-refractivity contribution in [3.63, 3.8) is 0 Å². The molecule has 1 aliphatic carbocycles. The first-order valence-corrected chi connectivity index (χ1v) is 13.4. The highest BCUT2D eigenvalue weighted by atomic mass is 35.5. The molecule has 1 saturated carbocycles. The van der Waals surface area contributed by atoms with Gasteiger partial charge in [-0.2, -0.15) is 4.31 Å². The first-order valence-electron chi connectivity index (χ1n) is 11.6. The molecule has 38 heavy (non-hydrogen) atoms. The number of benzene rings is 3. The molecule has 8 nitrogen and oxygen atoms in total. The van der Waals surface area contributed by atoms with Gasteiger partial charge in [0.2, 0.25) is 15.8 Å². The maximum absolute atomic E-state index is 14.0. The van der Waals surface area contributed by atoms with E-state index in [4.69, 9.17) is 16.0 Å². The van der Waals surface area contributed by atoms with E-state index in [1.807, 2.05) is 12.1 Å². The third-order valence-corrected chi connectivity index (χ3v) is 8.90. The Balaban J connectivity index is 1.56. The van der Waals surface area contributed by atoms with E-state index in [2.05, 4.69) is 0 Å². The van der Waals surface area contributed by atoms with Crippen molar-refractivity contribution < 1.29 is 32.6 Å². The number of rotatable bonds is 9. The van der Waals surface area contributed by atoms with E-state index in [-0.39, 0.29) is 22.8 Å². The Morgan fingerprint density at radius 2 is 1.50 bits per heavy atom. The van der Waals surface area contributed by atoms with Crippen molar-refractivity contribution in [2.45, 2.75) is 29.3 Å². The highest BCUT2D eigenvalue weighted by Crippen LogP contribution is 2.57. The average Bonchev–Trinajstić information content (AvgIpc) is 3.49. The maximum atomic E-state index is 14.0. The molecular weight excluding hydrogens is 530 g/mol. The Morgan fingerprint density at radius 1 is 0.895 bits per heavy atom. The molecule has 2 N–H and O–H groups in total. The van der Waals surface area contributed by atoms with Gasteiger partial charge in [0.1, 0.15) is 11.3 Å². The zero-order chi connectivity index (χ0) is 27.1. The van der Waals surface area contributed by atoms with Gasteiger partial charge in [-0.1, -0.05) is 66.2 Å². The van der Waals surface area contributed by atoms with Gasteiger partial charge in [0, 0.05) is 10.9 Å². The molecule has 194 valence electrons. The second-order valence-corrected chi connectivity index (χ2v) is 11.3. The number of aromatic carboxylic acids is 1. The van der Waals surface area contributed by atoms with Crippen molar-refractivity contribution >= 4 is 33.6 Å². The number of hydrogen-bond acceptors (Lipinski definition) is 5. The Morgan fingerprint density at radius 3 is 2.05 bits per heavy atom. The minimum Gasteiger partial charge on any atom is -0.480 e. The number of carbonyl (C=O) groups is 2. The summed E-state index contributed by atoms with van der Waals surface area (Å²) in [7, 11) is -4.37. The highest BCUT2D eigenvalue weighted by Gasteiger charge is 2.68. The lowest BCUT2D eigenvalue weighted by atomic mass is 10.1. The van der Waals surface area contributed by atoms with Crippen LogP contribution in [0.25, 0.3) is 11.1 Å². The molecule has 0 amide bonds. The fourth-order valence-electron chi connectivity index (χ4n) is 4.70. The third kappa shape index (κ3) is 4.60. The summed E-state index contributed by atoms with van der Waals surface area (Å²) in [5.74, 6) is -3.56. The van der Waals surface area contributed by atoms with Crippen LogP contribution in [0.15, 0.2) is 100 Å². The largest absolute Gasteiger partial charge is 0.480 e. The van der Waals surface area contributed by atoms with Crippen LogP contribution in [0.1, 0.15) is 34.2 Å². The monoisotopic (exact) mass is 551 g/mol. The van der Waals surface area contributed by atoms with Crippen molar-refractivity contribution in [2.75, 3.05) is 0 Å². The molecule has 0 unspecified atom stereocenters. The van der Waals surface area contributed by atoms with Gasteiger partial charge in [-0.3, -0.25) is 4.79 Å².